The number of thiazole rings is 1. The molecule has 0 amide bonds. The van der Waals surface area contributed by atoms with Crippen LogP contribution in [0.5, 0.6) is 0 Å². The van der Waals surface area contributed by atoms with Crippen LogP contribution >= 0.6 is 23.1 Å². The van der Waals surface area contributed by atoms with Crippen molar-refractivity contribution in [1.29, 1.82) is 0 Å². The van der Waals surface area contributed by atoms with Crippen LogP contribution in [0.4, 0.5) is 0 Å². The maximum absolute atomic E-state index is 10.4. The molecule has 1 rings (SSSR count). The fourth-order valence-corrected chi connectivity index (χ4v) is 2.45. The second-order valence-electron chi connectivity index (χ2n) is 2.51. The van der Waals surface area contributed by atoms with Gasteiger partial charge in [0.2, 0.25) is 0 Å². The third kappa shape index (κ3) is 3.33. The van der Waals surface area contributed by atoms with Gasteiger partial charge in [-0.15, -0.1) is 11.3 Å². The van der Waals surface area contributed by atoms with Crippen molar-refractivity contribution in [2.24, 2.45) is 5.73 Å². The number of hydrogen-bond donors (Lipinski definition) is 2. The van der Waals surface area contributed by atoms with E-state index in [-0.39, 0.29) is 0 Å². The van der Waals surface area contributed by atoms with Gasteiger partial charge in [0, 0.05) is 16.8 Å². The Morgan fingerprint density at radius 1 is 1.92 bits per heavy atom. The van der Waals surface area contributed by atoms with Crippen molar-refractivity contribution >= 4 is 29.1 Å². The summed E-state index contributed by atoms with van der Waals surface area (Å²) < 4.78 is 0.870. The van der Waals surface area contributed by atoms with Gasteiger partial charge < -0.3 is 10.8 Å². The highest BCUT2D eigenvalue weighted by molar-refractivity contribution is 8.01. The number of aliphatic carboxylic acids is 1. The molecule has 0 saturated carbocycles. The van der Waals surface area contributed by atoms with Crippen molar-refractivity contribution in [1.82, 2.24) is 4.98 Å². The van der Waals surface area contributed by atoms with Crippen molar-refractivity contribution in [3.05, 3.63) is 11.1 Å². The van der Waals surface area contributed by atoms with Gasteiger partial charge in [-0.05, 0) is 6.92 Å². The smallest absolute Gasteiger partial charge is 0.321 e. The first-order chi connectivity index (χ1) is 6.09. The summed E-state index contributed by atoms with van der Waals surface area (Å²) >= 11 is 2.89. The van der Waals surface area contributed by atoms with Gasteiger partial charge in [-0.1, -0.05) is 11.8 Å². The van der Waals surface area contributed by atoms with Gasteiger partial charge in [-0.3, -0.25) is 4.79 Å². The van der Waals surface area contributed by atoms with E-state index in [1.54, 1.807) is 0 Å². The highest BCUT2D eigenvalue weighted by Crippen LogP contribution is 2.22. The van der Waals surface area contributed by atoms with Crippen LogP contribution in [0.15, 0.2) is 9.72 Å². The van der Waals surface area contributed by atoms with E-state index in [0.29, 0.717) is 5.75 Å². The predicted octanol–water partition coefficient (Wildman–Crippen LogP) is 0.956. The molecule has 0 aromatic carbocycles. The number of aryl methyl sites for hydroxylation is 1. The van der Waals surface area contributed by atoms with Gasteiger partial charge in [0.25, 0.3) is 0 Å². The van der Waals surface area contributed by atoms with E-state index in [1.807, 2.05) is 12.3 Å². The molecular formula is C7H10N2O2S2. The van der Waals surface area contributed by atoms with Crippen molar-refractivity contribution in [3.8, 4) is 0 Å². The van der Waals surface area contributed by atoms with E-state index in [1.165, 1.54) is 23.1 Å². The molecule has 4 nitrogen and oxygen atoms in total. The topological polar surface area (TPSA) is 76.2 Å². The number of nitrogens with two attached hydrogens (primary N) is 1. The predicted molar refractivity (Wildman–Crippen MR) is 53.2 cm³/mol. The lowest BCUT2D eigenvalue weighted by Gasteiger charge is -2.02. The van der Waals surface area contributed by atoms with Crippen molar-refractivity contribution < 1.29 is 9.90 Å². The number of carboxylic acids is 1. The lowest BCUT2D eigenvalue weighted by molar-refractivity contribution is -0.137. The Balaban J connectivity index is 2.39. The number of hydrogen-bond acceptors (Lipinski definition) is 5. The van der Waals surface area contributed by atoms with E-state index < -0.39 is 12.0 Å². The molecule has 1 atom stereocenters. The molecule has 3 N–H and O–H groups in total. The van der Waals surface area contributed by atoms with Crippen LogP contribution in [0.1, 0.15) is 5.69 Å². The number of carbonyl (C=O) groups is 1. The first-order valence-corrected chi connectivity index (χ1v) is 5.49. The Morgan fingerprint density at radius 2 is 2.62 bits per heavy atom. The van der Waals surface area contributed by atoms with Crippen LogP contribution in [0.25, 0.3) is 0 Å². The molecule has 72 valence electrons. The summed E-state index contributed by atoms with van der Waals surface area (Å²) in [6.45, 7) is 1.90. The molecule has 0 bridgehead atoms. The molecule has 1 aromatic heterocycles. The first-order valence-electron chi connectivity index (χ1n) is 3.63. The van der Waals surface area contributed by atoms with E-state index in [9.17, 15) is 4.79 Å². The molecule has 13 heavy (non-hydrogen) atoms. The van der Waals surface area contributed by atoms with Crippen molar-refractivity contribution in [2.75, 3.05) is 5.75 Å². The Hall–Kier alpha value is -0.590. The third-order valence-corrected chi connectivity index (χ3v) is 3.56. The normalized spacial score (nSPS) is 12.8. The molecule has 0 spiro atoms. The standard InChI is InChI=1S/C7H10N2O2S2/c1-4-2-12-7(9-4)13-3-5(8)6(10)11/h2,5H,3,8H2,1H3,(H,10,11). The molecule has 0 fully saturated rings. The lowest BCUT2D eigenvalue weighted by Crippen LogP contribution is -2.32. The molecule has 1 heterocycles. The SMILES string of the molecule is Cc1csc(SCC(N)C(=O)O)n1. The fraction of sp³-hybridized carbons (Fsp3) is 0.429. The Labute approximate surface area is 84.2 Å². The minimum absolute atomic E-state index is 0.363. The average Bonchev–Trinajstić information content (AvgIpc) is 2.47. The third-order valence-electron chi connectivity index (χ3n) is 1.30. The van der Waals surface area contributed by atoms with Gasteiger partial charge in [-0.2, -0.15) is 0 Å². The molecule has 0 radical (unpaired) electrons. The van der Waals surface area contributed by atoms with Crippen LogP contribution in [-0.4, -0.2) is 27.9 Å². The second kappa shape index (κ2) is 4.59. The van der Waals surface area contributed by atoms with Crippen LogP contribution in [0.2, 0.25) is 0 Å². The highest BCUT2D eigenvalue weighted by atomic mass is 32.2. The summed E-state index contributed by atoms with van der Waals surface area (Å²) in [5, 5.41) is 10.4. The van der Waals surface area contributed by atoms with Gasteiger partial charge in [-0.25, -0.2) is 4.98 Å². The molecule has 1 unspecified atom stereocenters. The van der Waals surface area contributed by atoms with Gasteiger partial charge in [0.05, 0.1) is 0 Å². The summed E-state index contributed by atoms with van der Waals surface area (Å²) in [7, 11) is 0. The van der Waals surface area contributed by atoms with Gasteiger partial charge in [0.1, 0.15) is 10.4 Å². The van der Waals surface area contributed by atoms with E-state index in [4.69, 9.17) is 10.8 Å². The summed E-state index contributed by atoms with van der Waals surface area (Å²) in [5.41, 5.74) is 6.28. The number of nitrogens with zero attached hydrogens (tertiary/aromatic N) is 1. The molecule has 0 saturated heterocycles. The van der Waals surface area contributed by atoms with Crippen LogP contribution in [0.3, 0.4) is 0 Å². The van der Waals surface area contributed by atoms with Gasteiger partial charge >= 0.3 is 5.97 Å². The van der Waals surface area contributed by atoms with Crippen molar-refractivity contribution in [2.45, 2.75) is 17.3 Å². The molecule has 0 aliphatic rings. The number of aromatic nitrogens is 1. The molecule has 6 heteroatoms. The summed E-state index contributed by atoms with van der Waals surface area (Å²) in [6, 6.07) is -0.811. The highest BCUT2D eigenvalue weighted by Gasteiger charge is 2.12. The summed E-state index contributed by atoms with van der Waals surface area (Å²) in [6.07, 6.45) is 0. The lowest BCUT2D eigenvalue weighted by atomic mass is 10.4. The Morgan fingerprint density at radius 3 is 3.08 bits per heavy atom. The largest absolute Gasteiger partial charge is 0.480 e. The zero-order chi connectivity index (χ0) is 9.84. The minimum atomic E-state index is -0.972. The quantitative estimate of drug-likeness (QED) is 0.736. The zero-order valence-corrected chi connectivity index (χ0v) is 8.69. The molecular weight excluding hydrogens is 208 g/mol. The molecule has 1 aromatic rings. The monoisotopic (exact) mass is 218 g/mol. The number of carboxylic acid groups (broad SMARTS) is 1. The minimum Gasteiger partial charge on any atom is -0.480 e. The number of thioether (sulfide) groups is 1. The molecule has 0 aliphatic heterocycles. The van der Waals surface area contributed by atoms with E-state index >= 15 is 0 Å². The van der Waals surface area contributed by atoms with Crippen LogP contribution < -0.4 is 5.73 Å². The summed E-state index contributed by atoms with van der Waals surface area (Å²) in [4.78, 5) is 14.5. The average molecular weight is 218 g/mol. The second-order valence-corrected chi connectivity index (χ2v) is 4.64. The van der Waals surface area contributed by atoms with Crippen LogP contribution in [-0.2, 0) is 4.79 Å². The molecule has 0 aliphatic carbocycles. The Kier molecular flexibility index (Phi) is 3.71. The maximum Gasteiger partial charge on any atom is 0.321 e. The van der Waals surface area contributed by atoms with E-state index in [0.717, 1.165) is 10.0 Å². The fourth-order valence-electron chi connectivity index (χ4n) is 0.631. The maximum atomic E-state index is 10.4. The summed E-state index contributed by atoms with van der Waals surface area (Å²) in [5.74, 6) is -0.608. The van der Waals surface area contributed by atoms with E-state index in [2.05, 4.69) is 4.98 Å². The van der Waals surface area contributed by atoms with Crippen molar-refractivity contribution in [3.63, 3.8) is 0 Å². The van der Waals surface area contributed by atoms with Gasteiger partial charge in [0.15, 0.2) is 0 Å². The number of rotatable bonds is 4. The Bertz CT molecular complexity index is 300. The first kappa shape index (κ1) is 10.5. The zero-order valence-electron chi connectivity index (χ0n) is 7.06. The van der Waals surface area contributed by atoms with Crippen LogP contribution in [0, 0.1) is 6.92 Å².